The summed E-state index contributed by atoms with van der Waals surface area (Å²) >= 11 is 0. The second kappa shape index (κ2) is 9.66. The largest absolute Gasteiger partial charge is 0.466 e. The number of carbonyl (C=O) groups excluding carboxylic acids is 3. The number of ether oxygens (including phenoxy) is 3. The molecule has 2 atom stereocenters. The average Bonchev–Trinajstić information content (AvgIpc) is 3.16. The van der Waals surface area contributed by atoms with Crippen LogP contribution in [0.4, 0.5) is 0 Å². The number of methoxy groups -OCH3 is 1. The van der Waals surface area contributed by atoms with Gasteiger partial charge in [0.2, 0.25) is 0 Å². The van der Waals surface area contributed by atoms with E-state index in [0.717, 1.165) is 12.8 Å². The summed E-state index contributed by atoms with van der Waals surface area (Å²) in [6, 6.07) is 3.43. The lowest BCUT2D eigenvalue weighted by atomic mass is 9.79. The lowest BCUT2D eigenvalue weighted by Crippen LogP contribution is -2.35. The number of hydrogen-bond donors (Lipinski definition) is 0. The van der Waals surface area contributed by atoms with E-state index in [1.54, 1.807) is 12.1 Å². The molecule has 1 aliphatic rings. The molecule has 7 heteroatoms. The van der Waals surface area contributed by atoms with Crippen LogP contribution < -0.4 is 0 Å². The van der Waals surface area contributed by atoms with Crippen LogP contribution in [0.25, 0.3) is 0 Å². The van der Waals surface area contributed by atoms with Crippen LogP contribution in [-0.2, 0) is 35.2 Å². The fourth-order valence-electron chi connectivity index (χ4n) is 2.79. The van der Waals surface area contributed by atoms with Gasteiger partial charge in [-0.25, -0.2) is 4.79 Å². The van der Waals surface area contributed by atoms with Crippen molar-refractivity contribution in [2.24, 2.45) is 11.8 Å². The van der Waals surface area contributed by atoms with Gasteiger partial charge in [-0.05, 0) is 31.1 Å². The summed E-state index contributed by atoms with van der Waals surface area (Å²) in [6.45, 7) is 0.00453. The Morgan fingerprint density at radius 3 is 2.44 bits per heavy atom. The van der Waals surface area contributed by atoms with Gasteiger partial charge in [0.1, 0.15) is 19.0 Å². The average molecular weight is 350 g/mol. The lowest BCUT2D eigenvalue weighted by molar-refractivity contribution is -0.163. The van der Waals surface area contributed by atoms with Crippen LogP contribution in [-0.4, -0.2) is 31.6 Å². The van der Waals surface area contributed by atoms with Crippen LogP contribution in [0.5, 0.6) is 0 Å². The zero-order valence-corrected chi connectivity index (χ0v) is 14.1. The molecule has 0 N–H and O–H groups in total. The highest BCUT2D eigenvalue weighted by atomic mass is 16.5. The predicted molar refractivity (Wildman–Crippen MR) is 86.1 cm³/mol. The fourth-order valence-corrected chi connectivity index (χ4v) is 2.79. The molecule has 0 radical (unpaired) electrons. The van der Waals surface area contributed by atoms with Gasteiger partial charge in [-0.2, -0.15) is 0 Å². The van der Waals surface area contributed by atoms with Gasteiger partial charge in [0.25, 0.3) is 0 Å². The quantitative estimate of drug-likeness (QED) is 0.423. The van der Waals surface area contributed by atoms with Crippen LogP contribution in [0.2, 0.25) is 0 Å². The molecule has 0 amide bonds. The van der Waals surface area contributed by atoms with E-state index in [4.69, 9.17) is 13.9 Å². The Labute approximate surface area is 145 Å². The Balaban J connectivity index is 1.85. The SMILES string of the molecule is COC(=O)/C=C/COC(=O)[C@H]1CCCC[C@@H]1C(=O)OCc1ccco1. The van der Waals surface area contributed by atoms with Crippen molar-refractivity contribution in [3.63, 3.8) is 0 Å². The van der Waals surface area contributed by atoms with Crippen LogP contribution >= 0.6 is 0 Å². The maximum atomic E-state index is 12.3. The maximum Gasteiger partial charge on any atom is 0.330 e. The Bertz CT molecular complexity index is 603. The van der Waals surface area contributed by atoms with E-state index >= 15 is 0 Å². The van der Waals surface area contributed by atoms with Crippen LogP contribution in [0.1, 0.15) is 31.4 Å². The third-order valence-electron chi connectivity index (χ3n) is 4.09. The second-order valence-corrected chi connectivity index (χ2v) is 5.74. The Morgan fingerprint density at radius 1 is 1.16 bits per heavy atom. The molecule has 0 aromatic carbocycles. The summed E-state index contributed by atoms with van der Waals surface area (Å²) in [4.78, 5) is 35.5. The van der Waals surface area contributed by atoms with Crippen LogP contribution in [0.15, 0.2) is 35.0 Å². The molecule has 1 aliphatic carbocycles. The molecule has 1 heterocycles. The number of esters is 3. The van der Waals surface area contributed by atoms with Gasteiger partial charge >= 0.3 is 17.9 Å². The molecule has 136 valence electrons. The Hall–Kier alpha value is -2.57. The smallest absolute Gasteiger partial charge is 0.330 e. The first-order valence-electron chi connectivity index (χ1n) is 8.22. The monoisotopic (exact) mass is 350 g/mol. The van der Waals surface area contributed by atoms with E-state index in [0.29, 0.717) is 18.6 Å². The molecule has 25 heavy (non-hydrogen) atoms. The standard InChI is InChI=1S/C18H22O7/c1-22-16(19)9-5-11-24-17(20)14-7-2-3-8-15(14)18(21)25-12-13-6-4-10-23-13/h4-6,9-10,14-15H,2-3,7-8,11-12H2,1H3/b9-5+/t14-,15-/m0/s1. The molecule has 0 unspecified atom stereocenters. The molecule has 0 bridgehead atoms. The van der Waals surface area contributed by atoms with Gasteiger partial charge in [-0.1, -0.05) is 12.8 Å². The molecule has 7 nitrogen and oxygen atoms in total. The minimum atomic E-state index is -0.524. The molecular formula is C18H22O7. The Kier molecular flexibility index (Phi) is 7.25. The van der Waals surface area contributed by atoms with Gasteiger partial charge in [0.15, 0.2) is 0 Å². The van der Waals surface area contributed by atoms with Crippen molar-refractivity contribution in [1.82, 2.24) is 0 Å². The molecule has 2 rings (SSSR count). The van der Waals surface area contributed by atoms with E-state index in [9.17, 15) is 14.4 Å². The number of hydrogen-bond acceptors (Lipinski definition) is 7. The molecule has 0 spiro atoms. The minimum absolute atomic E-state index is 0.0431. The van der Waals surface area contributed by atoms with Crippen molar-refractivity contribution in [3.8, 4) is 0 Å². The van der Waals surface area contributed by atoms with E-state index in [1.807, 2.05) is 0 Å². The van der Waals surface area contributed by atoms with Gasteiger partial charge in [-0.3, -0.25) is 9.59 Å². The summed E-state index contributed by atoms with van der Waals surface area (Å²) in [7, 11) is 1.26. The highest BCUT2D eigenvalue weighted by molar-refractivity contribution is 5.83. The zero-order chi connectivity index (χ0) is 18.1. The zero-order valence-electron chi connectivity index (χ0n) is 14.1. The van der Waals surface area contributed by atoms with Crippen molar-refractivity contribution < 1.29 is 33.0 Å². The first-order valence-corrected chi connectivity index (χ1v) is 8.22. The lowest BCUT2D eigenvalue weighted by Gasteiger charge is -2.28. The van der Waals surface area contributed by atoms with Gasteiger partial charge in [0.05, 0.1) is 25.2 Å². The third-order valence-corrected chi connectivity index (χ3v) is 4.09. The summed E-state index contributed by atoms with van der Waals surface area (Å²) in [5, 5.41) is 0. The summed E-state index contributed by atoms with van der Waals surface area (Å²) in [6.07, 6.45) is 6.99. The Morgan fingerprint density at radius 2 is 1.84 bits per heavy atom. The van der Waals surface area contributed by atoms with Crippen LogP contribution in [0, 0.1) is 11.8 Å². The normalized spacial score (nSPS) is 20.2. The minimum Gasteiger partial charge on any atom is -0.466 e. The highest BCUT2D eigenvalue weighted by Crippen LogP contribution is 2.32. The topological polar surface area (TPSA) is 92.0 Å². The van der Waals surface area contributed by atoms with Gasteiger partial charge in [-0.15, -0.1) is 0 Å². The molecular weight excluding hydrogens is 328 g/mol. The van der Waals surface area contributed by atoms with Gasteiger partial charge < -0.3 is 18.6 Å². The van der Waals surface area contributed by atoms with Crippen molar-refractivity contribution in [1.29, 1.82) is 0 Å². The van der Waals surface area contributed by atoms with Crippen molar-refractivity contribution in [3.05, 3.63) is 36.3 Å². The number of furan rings is 1. The van der Waals surface area contributed by atoms with Crippen molar-refractivity contribution >= 4 is 17.9 Å². The molecule has 1 aromatic rings. The van der Waals surface area contributed by atoms with E-state index in [1.165, 1.54) is 25.5 Å². The van der Waals surface area contributed by atoms with Crippen LogP contribution in [0.3, 0.4) is 0 Å². The fraction of sp³-hybridized carbons (Fsp3) is 0.500. The predicted octanol–water partition coefficient (Wildman–Crippen LogP) is 2.40. The van der Waals surface area contributed by atoms with Crippen molar-refractivity contribution in [2.45, 2.75) is 32.3 Å². The second-order valence-electron chi connectivity index (χ2n) is 5.74. The molecule has 0 aliphatic heterocycles. The van der Waals surface area contributed by atoms with Gasteiger partial charge in [0, 0.05) is 6.08 Å². The first kappa shape index (κ1) is 18.8. The first-order chi connectivity index (χ1) is 12.1. The number of rotatable bonds is 7. The summed E-state index contributed by atoms with van der Waals surface area (Å²) in [5.41, 5.74) is 0. The molecule has 0 saturated heterocycles. The van der Waals surface area contributed by atoms with E-state index in [-0.39, 0.29) is 13.2 Å². The maximum absolute atomic E-state index is 12.3. The third kappa shape index (κ3) is 5.77. The number of carbonyl (C=O) groups is 3. The van der Waals surface area contributed by atoms with E-state index < -0.39 is 29.7 Å². The summed E-state index contributed by atoms with van der Waals surface area (Å²) < 4.78 is 20.0. The molecule has 1 saturated carbocycles. The van der Waals surface area contributed by atoms with E-state index in [2.05, 4.69) is 4.74 Å². The molecule has 1 fully saturated rings. The van der Waals surface area contributed by atoms with Crippen molar-refractivity contribution in [2.75, 3.05) is 13.7 Å². The summed E-state index contributed by atoms with van der Waals surface area (Å²) in [5.74, 6) is -1.87. The highest BCUT2D eigenvalue weighted by Gasteiger charge is 2.37. The molecule has 1 aromatic heterocycles.